The van der Waals surface area contributed by atoms with Gasteiger partial charge in [-0.05, 0) is 45.7 Å². The van der Waals surface area contributed by atoms with E-state index in [2.05, 4.69) is 63.7 Å². The minimum absolute atomic E-state index is 0. The first kappa shape index (κ1) is 23.6. The van der Waals surface area contributed by atoms with Crippen LogP contribution in [0.15, 0.2) is 29.3 Å². The Morgan fingerprint density at radius 1 is 1.20 bits per heavy atom. The molecule has 1 saturated heterocycles. The quantitative estimate of drug-likeness (QED) is 0.358. The molecule has 4 rings (SSSR count). The van der Waals surface area contributed by atoms with Gasteiger partial charge in [0.1, 0.15) is 11.4 Å². The van der Waals surface area contributed by atoms with Crippen LogP contribution < -0.4 is 15.4 Å². The van der Waals surface area contributed by atoms with E-state index >= 15 is 0 Å². The summed E-state index contributed by atoms with van der Waals surface area (Å²) in [4.78, 5) is 9.49. The summed E-state index contributed by atoms with van der Waals surface area (Å²) in [5, 5.41) is 7.29. The van der Waals surface area contributed by atoms with Gasteiger partial charge >= 0.3 is 0 Å². The van der Waals surface area contributed by atoms with Gasteiger partial charge < -0.3 is 20.3 Å². The molecule has 1 aromatic carbocycles. The number of halogens is 1. The number of hydrogen-bond acceptors (Lipinski definition) is 4. The second kappa shape index (κ2) is 10.5. The van der Waals surface area contributed by atoms with Crippen molar-refractivity contribution in [3.05, 3.63) is 29.8 Å². The number of nitrogens with zero attached hydrogens (tertiary/aromatic N) is 3. The maximum absolute atomic E-state index is 6.50. The predicted octanol–water partition coefficient (Wildman–Crippen LogP) is 3.24. The summed E-state index contributed by atoms with van der Waals surface area (Å²) in [5.74, 6) is 1.93. The zero-order valence-electron chi connectivity index (χ0n) is 18.7. The summed E-state index contributed by atoms with van der Waals surface area (Å²) in [5.41, 5.74) is 1.25. The third-order valence-electron chi connectivity index (χ3n) is 6.97. The van der Waals surface area contributed by atoms with Gasteiger partial charge in [0.15, 0.2) is 5.96 Å². The third-order valence-corrected chi connectivity index (χ3v) is 6.97. The van der Waals surface area contributed by atoms with Crippen LogP contribution in [0.25, 0.3) is 0 Å². The highest BCUT2D eigenvalue weighted by Gasteiger charge is 2.43. The molecule has 0 radical (unpaired) electrons. The van der Waals surface area contributed by atoms with E-state index in [-0.39, 0.29) is 35.6 Å². The standard InChI is InChI=1S/C23H37N5O.HI/c1-18(28-14-12-27(3)13-15-28)17-25-22(24-2)26-20-16-23(10-6-7-11-23)29-21-9-5-4-8-19(20)21;/h4-5,8-9,18,20H,6-7,10-17H2,1-3H3,(H2,24,25,26);1H. The van der Waals surface area contributed by atoms with Gasteiger partial charge in [0.2, 0.25) is 0 Å². The Morgan fingerprint density at radius 2 is 1.90 bits per heavy atom. The Labute approximate surface area is 198 Å². The smallest absolute Gasteiger partial charge is 0.191 e. The highest BCUT2D eigenvalue weighted by Crippen LogP contribution is 2.46. The van der Waals surface area contributed by atoms with Crippen LogP contribution in [0.1, 0.15) is 50.6 Å². The Balaban J connectivity index is 0.00000256. The van der Waals surface area contributed by atoms with E-state index < -0.39 is 0 Å². The van der Waals surface area contributed by atoms with Gasteiger partial charge in [0, 0.05) is 57.8 Å². The molecule has 2 unspecified atom stereocenters. The van der Waals surface area contributed by atoms with Crippen molar-refractivity contribution in [1.82, 2.24) is 20.4 Å². The SMILES string of the molecule is CN=C(NCC(C)N1CCN(C)CC1)NC1CC2(CCCC2)Oc2ccccc21.I. The molecule has 2 fully saturated rings. The first-order chi connectivity index (χ1) is 14.1. The summed E-state index contributed by atoms with van der Waals surface area (Å²) in [6, 6.07) is 9.22. The molecule has 0 amide bonds. The Hall–Kier alpha value is -1.06. The van der Waals surface area contributed by atoms with E-state index in [1.165, 1.54) is 18.4 Å². The van der Waals surface area contributed by atoms with Crippen LogP contribution in [0.2, 0.25) is 0 Å². The lowest BCUT2D eigenvalue weighted by Gasteiger charge is -2.41. The van der Waals surface area contributed by atoms with Crippen molar-refractivity contribution in [2.45, 2.75) is 56.7 Å². The third kappa shape index (κ3) is 5.40. The fourth-order valence-electron chi connectivity index (χ4n) is 5.07. The maximum atomic E-state index is 6.50. The number of aliphatic imine (C=N–C) groups is 1. The molecule has 1 aliphatic carbocycles. The minimum atomic E-state index is -0.00199. The number of rotatable bonds is 4. The van der Waals surface area contributed by atoms with Crippen molar-refractivity contribution in [3.63, 3.8) is 0 Å². The highest BCUT2D eigenvalue weighted by atomic mass is 127. The molecule has 2 heterocycles. The zero-order chi connectivity index (χ0) is 20.3. The lowest BCUT2D eigenvalue weighted by Crippen LogP contribution is -2.53. The van der Waals surface area contributed by atoms with E-state index in [1.807, 2.05) is 7.05 Å². The van der Waals surface area contributed by atoms with E-state index in [1.54, 1.807) is 0 Å². The molecule has 0 bridgehead atoms. The average molecular weight is 527 g/mol. The van der Waals surface area contributed by atoms with Gasteiger partial charge in [-0.25, -0.2) is 0 Å². The Morgan fingerprint density at radius 3 is 2.60 bits per heavy atom. The number of fused-ring (bicyclic) bond motifs is 1. The molecule has 1 spiro atoms. The lowest BCUT2D eigenvalue weighted by atomic mass is 9.86. The van der Waals surface area contributed by atoms with Gasteiger partial charge in [0.25, 0.3) is 0 Å². The fraction of sp³-hybridized carbons (Fsp3) is 0.696. The summed E-state index contributed by atoms with van der Waals surface area (Å²) in [7, 11) is 4.07. The molecule has 168 valence electrons. The van der Waals surface area contributed by atoms with Crippen molar-refractivity contribution >= 4 is 29.9 Å². The van der Waals surface area contributed by atoms with Gasteiger partial charge in [-0.2, -0.15) is 0 Å². The summed E-state index contributed by atoms with van der Waals surface area (Å²) < 4.78 is 6.50. The molecule has 1 saturated carbocycles. The Kier molecular flexibility index (Phi) is 8.26. The molecule has 30 heavy (non-hydrogen) atoms. The monoisotopic (exact) mass is 527 g/mol. The van der Waals surface area contributed by atoms with Crippen LogP contribution in [-0.2, 0) is 0 Å². The number of piperazine rings is 1. The first-order valence-electron chi connectivity index (χ1n) is 11.3. The second-order valence-electron chi connectivity index (χ2n) is 9.07. The van der Waals surface area contributed by atoms with Gasteiger partial charge in [0.05, 0.1) is 6.04 Å². The highest BCUT2D eigenvalue weighted by molar-refractivity contribution is 14.0. The molecule has 7 heteroatoms. The molecule has 2 atom stereocenters. The number of guanidine groups is 1. The van der Waals surface area contributed by atoms with Gasteiger partial charge in [-0.1, -0.05) is 18.2 Å². The number of hydrogen-bond donors (Lipinski definition) is 2. The molecule has 3 aliphatic rings. The van der Waals surface area contributed by atoms with Crippen molar-refractivity contribution in [3.8, 4) is 5.75 Å². The summed E-state index contributed by atoms with van der Waals surface area (Å²) >= 11 is 0. The number of ether oxygens (including phenoxy) is 1. The van der Waals surface area contributed by atoms with E-state index in [0.717, 1.165) is 63.7 Å². The van der Waals surface area contributed by atoms with Crippen LogP contribution in [0.3, 0.4) is 0 Å². The van der Waals surface area contributed by atoms with Gasteiger partial charge in [-0.3, -0.25) is 9.89 Å². The topological polar surface area (TPSA) is 52.1 Å². The number of benzene rings is 1. The molecule has 6 nitrogen and oxygen atoms in total. The van der Waals surface area contributed by atoms with Crippen molar-refractivity contribution < 1.29 is 4.74 Å². The van der Waals surface area contributed by atoms with Crippen LogP contribution in [-0.4, -0.2) is 74.2 Å². The number of para-hydroxylation sites is 1. The molecule has 1 aromatic rings. The van der Waals surface area contributed by atoms with Gasteiger partial charge in [-0.15, -0.1) is 24.0 Å². The van der Waals surface area contributed by atoms with Crippen LogP contribution in [0.4, 0.5) is 0 Å². The summed E-state index contributed by atoms with van der Waals surface area (Å²) in [6.45, 7) is 7.79. The molecule has 2 N–H and O–H groups in total. The maximum Gasteiger partial charge on any atom is 0.191 e. The van der Waals surface area contributed by atoms with Crippen molar-refractivity contribution in [2.75, 3.05) is 46.8 Å². The average Bonchev–Trinajstić information content (AvgIpc) is 3.18. The lowest BCUT2D eigenvalue weighted by molar-refractivity contribution is 0.0395. The second-order valence-corrected chi connectivity index (χ2v) is 9.07. The van der Waals surface area contributed by atoms with Crippen LogP contribution >= 0.6 is 24.0 Å². The van der Waals surface area contributed by atoms with Crippen molar-refractivity contribution in [2.24, 2.45) is 4.99 Å². The van der Waals surface area contributed by atoms with E-state index in [9.17, 15) is 0 Å². The number of likely N-dealkylation sites (N-methyl/N-ethyl adjacent to an activating group) is 1. The Bertz CT molecular complexity index is 713. The first-order valence-corrected chi connectivity index (χ1v) is 11.3. The predicted molar refractivity (Wildman–Crippen MR) is 134 cm³/mol. The summed E-state index contributed by atoms with van der Waals surface area (Å²) in [6.07, 6.45) is 5.87. The molecular weight excluding hydrogens is 489 g/mol. The fourth-order valence-corrected chi connectivity index (χ4v) is 5.07. The molecular formula is C23H38IN5O. The molecule has 2 aliphatic heterocycles. The van der Waals surface area contributed by atoms with Crippen LogP contribution in [0.5, 0.6) is 5.75 Å². The van der Waals surface area contributed by atoms with Crippen molar-refractivity contribution in [1.29, 1.82) is 0 Å². The van der Waals surface area contributed by atoms with E-state index in [4.69, 9.17) is 4.74 Å². The van der Waals surface area contributed by atoms with Crippen LogP contribution in [0, 0.1) is 0 Å². The largest absolute Gasteiger partial charge is 0.487 e. The normalized spacial score (nSPS) is 25.2. The zero-order valence-corrected chi connectivity index (χ0v) is 21.0. The van der Waals surface area contributed by atoms with E-state index in [0.29, 0.717) is 6.04 Å². The number of nitrogens with one attached hydrogen (secondary N) is 2. The molecule has 0 aromatic heterocycles. The minimum Gasteiger partial charge on any atom is -0.487 e.